The molecule has 1 aliphatic rings. The Balaban J connectivity index is 2.08. The number of fused-ring (bicyclic) bond motifs is 1. The molecular weight excluding hydrogens is 240 g/mol. The first-order chi connectivity index (χ1) is 8.59. The van der Waals surface area contributed by atoms with Crippen LogP contribution in [0.2, 0.25) is 0 Å². The van der Waals surface area contributed by atoms with Gasteiger partial charge in [0.2, 0.25) is 0 Å². The van der Waals surface area contributed by atoms with Crippen LogP contribution in [-0.4, -0.2) is 35.8 Å². The van der Waals surface area contributed by atoms with Gasteiger partial charge < -0.3 is 14.5 Å². The largest absolute Gasteiger partial charge is 0.472 e. The van der Waals surface area contributed by atoms with E-state index in [2.05, 4.69) is 4.84 Å². The lowest BCUT2D eigenvalue weighted by molar-refractivity contribution is -0.757. The smallest absolute Gasteiger partial charge is 0.294 e. The maximum atomic E-state index is 12.1. The van der Waals surface area contributed by atoms with E-state index in [0.29, 0.717) is 11.3 Å². The van der Waals surface area contributed by atoms with Crippen LogP contribution in [0, 0.1) is 17.0 Å². The van der Waals surface area contributed by atoms with Gasteiger partial charge in [0.05, 0.1) is 5.56 Å². The fourth-order valence-electron chi connectivity index (χ4n) is 1.79. The molecule has 1 aromatic carbocycles. The molecule has 7 nitrogen and oxygen atoms in total. The topological polar surface area (TPSA) is 81.9 Å². The number of carbonyl (C=O) groups is 1. The molecule has 1 heterocycles. The standard InChI is InChI=1S/C11H12N2O5/c1-8-3-2-4-9-10(8)11(14)12(7-17-9)5-6-18-13(15)16/h2-4H,5-7H2,1H3. The molecule has 0 aromatic heterocycles. The van der Waals surface area contributed by atoms with Gasteiger partial charge in [-0.1, -0.05) is 12.1 Å². The summed E-state index contributed by atoms with van der Waals surface area (Å²) < 4.78 is 5.42. The second-order valence-electron chi connectivity index (χ2n) is 3.85. The average Bonchev–Trinajstić information content (AvgIpc) is 2.32. The zero-order chi connectivity index (χ0) is 13.1. The number of benzene rings is 1. The van der Waals surface area contributed by atoms with Gasteiger partial charge in [-0.25, -0.2) is 0 Å². The van der Waals surface area contributed by atoms with Crippen LogP contribution in [0.1, 0.15) is 15.9 Å². The minimum Gasteiger partial charge on any atom is -0.472 e. The van der Waals surface area contributed by atoms with Gasteiger partial charge in [-0.05, 0) is 18.6 Å². The Kier molecular flexibility index (Phi) is 3.31. The summed E-state index contributed by atoms with van der Waals surface area (Å²) in [5.74, 6) is 0.354. The van der Waals surface area contributed by atoms with E-state index in [-0.39, 0.29) is 25.8 Å². The Bertz CT molecular complexity index is 488. The van der Waals surface area contributed by atoms with Crippen LogP contribution in [0.5, 0.6) is 5.75 Å². The molecule has 0 saturated carbocycles. The number of hydrogen-bond donors (Lipinski definition) is 0. The average molecular weight is 252 g/mol. The van der Waals surface area contributed by atoms with Crippen molar-refractivity contribution in [1.82, 2.24) is 4.90 Å². The third-order valence-electron chi connectivity index (χ3n) is 2.67. The predicted octanol–water partition coefficient (Wildman–Crippen LogP) is 0.995. The molecule has 0 N–H and O–H groups in total. The molecule has 0 unspecified atom stereocenters. The zero-order valence-corrected chi connectivity index (χ0v) is 9.79. The van der Waals surface area contributed by atoms with E-state index in [4.69, 9.17) is 4.74 Å². The minimum absolute atomic E-state index is 0.0797. The number of ether oxygens (including phenoxy) is 1. The second-order valence-corrected chi connectivity index (χ2v) is 3.85. The molecule has 96 valence electrons. The van der Waals surface area contributed by atoms with Crippen molar-refractivity contribution in [3.63, 3.8) is 0 Å². The number of carbonyl (C=O) groups excluding carboxylic acids is 1. The van der Waals surface area contributed by atoms with Gasteiger partial charge in [0.1, 0.15) is 12.4 Å². The molecule has 1 aromatic rings. The van der Waals surface area contributed by atoms with E-state index in [9.17, 15) is 14.9 Å². The van der Waals surface area contributed by atoms with E-state index < -0.39 is 5.09 Å². The first kappa shape index (κ1) is 12.2. The van der Waals surface area contributed by atoms with Crippen LogP contribution < -0.4 is 4.74 Å². The lowest BCUT2D eigenvalue weighted by Crippen LogP contribution is -2.41. The second kappa shape index (κ2) is 4.91. The quantitative estimate of drug-likeness (QED) is 0.589. The van der Waals surface area contributed by atoms with Gasteiger partial charge in [-0.15, -0.1) is 10.1 Å². The Morgan fingerprint density at radius 3 is 3.06 bits per heavy atom. The van der Waals surface area contributed by atoms with Crippen molar-refractivity contribution in [2.45, 2.75) is 6.92 Å². The summed E-state index contributed by atoms with van der Waals surface area (Å²) in [6.07, 6.45) is 0. The van der Waals surface area contributed by atoms with Crippen LogP contribution in [0.15, 0.2) is 18.2 Å². The molecule has 0 bridgehead atoms. The van der Waals surface area contributed by atoms with Gasteiger partial charge in [-0.2, -0.15) is 0 Å². The van der Waals surface area contributed by atoms with E-state index in [1.54, 1.807) is 6.07 Å². The molecule has 0 saturated heterocycles. The van der Waals surface area contributed by atoms with Gasteiger partial charge in [0.15, 0.2) is 6.73 Å². The van der Waals surface area contributed by atoms with Crippen molar-refractivity contribution in [1.29, 1.82) is 0 Å². The summed E-state index contributed by atoms with van der Waals surface area (Å²) in [7, 11) is 0. The minimum atomic E-state index is -0.880. The van der Waals surface area contributed by atoms with Gasteiger partial charge in [0.25, 0.3) is 11.0 Å². The fraction of sp³-hybridized carbons (Fsp3) is 0.364. The van der Waals surface area contributed by atoms with Crippen molar-refractivity contribution in [2.75, 3.05) is 19.9 Å². The fourth-order valence-corrected chi connectivity index (χ4v) is 1.79. The lowest BCUT2D eigenvalue weighted by Gasteiger charge is -2.29. The Hall–Kier alpha value is -2.31. The van der Waals surface area contributed by atoms with Gasteiger partial charge in [0, 0.05) is 6.54 Å². The van der Waals surface area contributed by atoms with Crippen LogP contribution >= 0.6 is 0 Å². The summed E-state index contributed by atoms with van der Waals surface area (Å²) >= 11 is 0. The highest BCUT2D eigenvalue weighted by Crippen LogP contribution is 2.27. The molecule has 2 rings (SSSR count). The number of amides is 1. The maximum absolute atomic E-state index is 12.1. The zero-order valence-electron chi connectivity index (χ0n) is 9.79. The van der Waals surface area contributed by atoms with Crippen molar-refractivity contribution < 1.29 is 19.5 Å². The molecule has 18 heavy (non-hydrogen) atoms. The van der Waals surface area contributed by atoms with E-state index >= 15 is 0 Å². The molecule has 0 spiro atoms. The molecule has 1 aliphatic heterocycles. The maximum Gasteiger partial charge on any atom is 0.294 e. The summed E-state index contributed by atoms with van der Waals surface area (Å²) in [6.45, 7) is 1.85. The Morgan fingerprint density at radius 2 is 2.33 bits per heavy atom. The third kappa shape index (κ3) is 2.34. The summed E-state index contributed by atoms with van der Waals surface area (Å²) in [4.78, 5) is 27.7. The van der Waals surface area contributed by atoms with E-state index in [0.717, 1.165) is 5.56 Å². The molecule has 0 radical (unpaired) electrons. The van der Waals surface area contributed by atoms with Crippen LogP contribution in [0.3, 0.4) is 0 Å². The molecule has 7 heteroatoms. The first-order valence-electron chi connectivity index (χ1n) is 5.38. The molecule has 0 aliphatic carbocycles. The third-order valence-corrected chi connectivity index (χ3v) is 2.67. The summed E-state index contributed by atoms with van der Waals surface area (Å²) in [5, 5.41) is 9.14. The SMILES string of the molecule is Cc1cccc2c1C(=O)N(CCO[N+](=O)[O-])CO2. The number of rotatable bonds is 4. The number of aryl methyl sites for hydroxylation is 1. The molecule has 0 fully saturated rings. The van der Waals surface area contributed by atoms with Gasteiger partial charge >= 0.3 is 0 Å². The van der Waals surface area contributed by atoms with E-state index in [1.807, 2.05) is 19.1 Å². The van der Waals surface area contributed by atoms with Gasteiger partial charge in [-0.3, -0.25) is 4.79 Å². The molecular formula is C11H12N2O5. The van der Waals surface area contributed by atoms with Crippen molar-refractivity contribution in [3.05, 3.63) is 39.4 Å². The monoisotopic (exact) mass is 252 g/mol. The van der Waals surface area contributed by atoms with Crippen LogP contribution in [0.25, 0.3) is 0 Å². The lowest BCUT2D eigenvalue weighted by atomic mass is 10.1. The number of nitrogens with zero attached hydrogens (tertiary/aromatic N) is 2. The highest BCUT2D eigenvalue weighted by Gasteiger charge is 2.26. The highest BCUT2D eigenvalue weighted by atomic mass is 16.9. The predicted molar refractivity (Wildman–Crippen MR) is 60.7 cm³/mol. The number of hydrogen-bond acceptors (Lipinski definition) is 5. The molecule has 0 atom stereocenters. The molecule has 1 amide bonds. The summed E-state index contributed by atoms with van der Waals surface area (Å²) in [6, 6.07) is 5.36. The van der Waals surface area contributed by atoms with E-state index in [1.165, 1.54) is 4.90 Å². The Labute approximate surface area is 103 Å². The van der Waals surface area contributed by atoms with Crippen molar-refractivity contribution in [3.8, 4) is 5.75 Å². The highest BCUT2D eigenvalue weighted by molar-refractivity contribution is 5.99. The van der Waals surface area contributed by atoms with Crippen molar-refractivity contribution >= 4 is 5.91 Å². The van der Waals surface area contributed by atoms with Crippen molar-refractivity contribution in [2.24, 2.45) is 0 Å². The van der Waals surface area contributed by atoms with Crippen LogP contribution in [0.4, 0.5) is 0 Å². The summed E-state index contributed by atoms with van der Waals surface area (Å²) in [5.41, 5.74) is 1.32. The Morgan fingerprint density at radius 1 is 1.56 bits per heavy atom. The first-order valence-corrected chi connectivity index (χ1v) is 5.38. The van der Waals surface area contributed by atoms with Crippen LogP contribution in [-0.2, 0) is 4.84 Å². The normalized spacial score (nSPS) is 13.8.